The molecule has 16 nitrogen and oxygen atoms in total. The Labute approximate surface area is 347 Å². The summed E-state index contributed by atoms with van der Waals surface area (Å²) in [6.07, 6.45) is 0. The van der Waals surface area contributed by atoms with Gasteiger partial charge in [0.25, 0.3) is 0 Å². The van der Waals surface area contributed by atoms with E-state index in [0.29, 0.717) is 58.0 Å². The van der Waals surface area contributed by atoms with Gasteiger partial charge in [-0.1, -0.05) is 60.7 Å². The molecule has 0 amide bonds. The van der Waals surface area contributed by atoms with Gasteiger partial charge in [0.1, 0.15) is 34.2 Å². The van der Waals surface area contributed by atoms with Crippen molar-refractivity contribution in [3.8, 4) is 34.1 Å². The standard InChI is InChI=1S/C42H44N6O10S2/c1-5-57-21-19-43-59(51,52)39-25-35(41(49)31-13-9-7-11-29(31)39)47-45-33-17-15-27(23-37(33)55-3)28-16-18-34(38(24-28)56-4)46-48-36-26-40(60(53,54)44-20-22-58-6-2)30-12-8-10-14-32(30)42(36)50/h7-18,23-26,43-44,49-50H,5-6,19-22H2,1-4H3. The van der Waals surface area contributed by atoms with Crippen molar-refractivity contribution >= 4 is 64.3 Å². The lowest BCUT2D eigenvalue weighted by molar-refractivity contribution is 0.153. The lowest BCUT2D eigenvalue weighted by atomic mass is 10.0. The first-order valence-corrected chi connectivity index (χ1v) is 21.7. The summed E-state index contributed by atoms with van der Waals surface area (Å²) in [7, 11) is -5.11. The van der Waals surface area contributed by atoms with Crippen LogP contribution in [0, 0.1) is 0 Å². The molecule has 0 saturated heterocycles. The third kappa shape index (κ3) is 9.71. The quantitative estimate of drug-likeness (QED) is 0.0449. The van der Waals surface area contributed by atoms with Crippen molar-refractivity contribution in [2.45, 2.75) is 23.6 Å². The Kier molecular flexibility index (Phi) is 14.1. The zero-order valence-electron chi connectivity index (χ0n) is 33.2. The van der Waals surface area contributed by atoms with Crippen molar-refractivity contribution in [1.82, 2.24) is 9.44 Å². The SMILES string of the molecule is CCOCCNS(=O)(=O)c1cc(N=Nc2ccc(-c3ccc(N=Nc4cc(S(=O)(=O)NCCOCC)c5ccccc5c4O)c(OC)c3)cc2OC)c(O)c2ccccc12. The van der Waals surface area contributed by atoms with E-state index in [0.717, 1.165) is 0 Å². The van der Waals surface area contributed by atoms with Gasteiger partial charge in [-0.05, 0) is 61.4 Å². The molecule has 0 aliphatic rings. The minimum absolute atomic E-state index is 0.0594. The first kappa shape index (κ1) is 43.6. The number of phenolic OH excluding ortho intramolecular Hbond substituents is 2. The van der Waals surface area contributed by atoms with E-state index in [1.807, 2.05) is 13.8 Å². The van der Waals surface area contributed by atoms with Crippen molar-refractivity contribution in [3.63, 3.8) is 0 Å². The van der Waals surface area contributed by atoms with Gasteiger partial charge in [0, 0.05) is 47.8 Å². The number of rotatable bonds is 19. The fourth-order valence-corrected chi connectivity index (χ4v) is 8.74. The maximum absolute atomic E-state index is 13.3. The van der Waals surface area contributed by atoms with Crippen molar-refractivity contribution < 1.29 is 46.0 Å². The maximum atomic E-state index is 13.3. The highest BCUT2D eigenvalue weighted by atomic mass is 32.2. The maximum Gasteiger partial charge on any atom is 0.241 e. The Balaban J connectivity index is 1.28. The molecule has 6 rings (SSSR count). The van der Waals surface area contributed by atoms with Crippen LogP contribution in [0.5, 0.6) is 23.0 Å². The van der Waals surface area contributed by atoms with Gasteiger partial charge in [0.05, 0.1) is 37.2 Å². The lowest BCUT2D eigenvalue weighted by Crippen LogP contribution is -2.27. The number of hydrogen-bond donors (Lipinski definition) is 4. The third-order valence-electron chi connectivity index (χ3n) is 9.20. The van der Waals surface area contributed by atoms with E-state index in [2.05, 4.69) is 29.9 Å². The van der Waals surface area contributed by atoms with Crippen LogP contribution in [0.4, 0.5) is 22.7 Å². The van der Waals surface area contributed by atoms with Crippen LogP contribution >= 0.6 is 0 Å². The molecular formula is C42H44N6O10S2. The third-order valence-corrected chi connectivity index (χ3v) is 12.2. The molecule has 0 aliphatic heterocycles. The average Bonchev–Trinajstić information content (AvgIpc) is 3.26. The zero-order chi connectivity index (χ0) is 42.9. The fraction of sp³-hybridized carbons (Fsp3) is 0.238. The summed E-state index contributed by atoms with van der Waals surface area (Å²) in [4.78, 5) is -0.150. The normalized spacial score (nSPS) is 12.3. The Morgan fingerprint density at radius 1 is 0.517 bits per heavy atom. The van der Waals surface area contributed by atoms with Gasteiger partial charge < -0.3 is 29.2 Å². The van der Waals surface area contributed by atoms with Gasteiger partial charge in [0.15, 0.2) is 11.5 Å². The summed E-state index contributed by atoms with van der Waals surface area (Å²) in [5, 5.41) is 40.5. The van der Waals surface area contributed by atoms with E-state index in [1.165, 1.54) is 26.4 Å². The molecule has 0 fully saturated rings. The number of azo groups is 2. The number of benzene rings is 6. The van der Waals surface area contributed by atoms with E-state index in [4.69, 9.17) is 18.9 Å². The van der Waals surface area contributed by atoms with Crippen molar-refractivity contribution in [2.24, 2.45) is 20.5 Å². The predicted octanol–water partition coefficient (Wildman–Crippen LogP) is 8.55. The number of sulfonamides is 2. The number of methoxy groups -OCH3 is 2. The van der Waals surface area contributed by atoms with Crippen LogP contribution < -0.4 is 18.9 Å². The summed E-state index contributed by atoms with van der Waals surface area (Å²) >= 11 is 0. The molecule has 0 aromatic heterocycles. The largest absolute Gasteiger partial charge is 0.505 e. The van der Waals surface area contributed by atoms with Crippen LogP contribution in [0.1, 0.15) is 13.8 Å². The second kappa shape index (κ2) is 19.4. The Morgan fingerprint density at radius 3 is 1.25 bits per heavy atom. The Morgan fingerprint density at radius 2 is 0.883 bits per heavy atom. The van der Waals surface area contributed by atoms with Gasteiger partial charge in [-0.15, -0.1) is 20.5 Å². The van der Waals surface area contributed by atoms with Crippen LogP contribution in [0.25, 0.3) is 32.7 Å². The van der Waals surface area contributed by atoms with Crippen LogP contribution in [-0.4, -0.2) is 80.8 Å². The molecule has 0 unspecified atom stereocenters. The van der Waals surface area contributed by atoms with Crippen LogP contribution in [-0.2, 0) is 29.5 Å². The fourth-order valence-electron chi connectivity index (χ4n) is 6.26. The minimum atomic E-state index is -4.02. The lowest BCUT2D eigenvalue weighted by Gasteiger charge is -2.13. The average molecular weight is 857 g/mol. The molecule has 4 N–H and O–H groups in total. The first-order chi connectivity index (χ1) is 28.9. The van der Waals surface area contributed by atoms with Gasteiger partial charge in [0.2, 0.25) is 20.0 Å². The molecule has 0 atom stereocenters. The van der Waals surface area contributed by atoms with Gasteiger partial charge in [-0.2, -0.15) is 0 Å². The molecule has 18 heteroatoms. The number of nitrogens with one attached hydrogen (secondary N) is 2. The van der Waals surface area contributed by atoms with Gasteiger partial charge in [-0.25, -0.2) is 26.3 Å². The second-order valence-electron chi connectivity index (χ2n) is 12.9. The number of ether oxygens (including phenoxy) is 4. The van der Waals surface area contributed by atoms with E-state index in [-0.39, 0.29) is 69.7 Å². The number of aromatic hydroxyl groups is 2. The molecule has 0 heterocycles. The molecule has 6 aromatic rings. The van der Waals surface area contributed by atoms with E-state index >= 15 is 0 Å². The molecule has 0 bridgehead atoms. The molecule has 6 aromatic carbocycles. The van der Waals surface area contributed by atoms with E-state index in [9.17, 15) is 27.0 Å². The highest BCUT2D eigenvalue weighted by Crippen LogP contribution is 2.43. The summed E-state index contributed by atoms with van der Waals surface area (Å²) in [5.74, 6) is 0.174. The summed E-state index contributed by atoms with van der Waals surface area (Å²) in [6.45, 7) is 5.02. The smallest absolute Gasteiger partial charge is 0.241 e. The van der Waals surface area contributed by atoms with E-state index in [1.54, 1.807) is 84.9 Å². The molecule has 314 valence electrons. The molecule has 0 spiro atoms. The van der Waals surface area contributed by atoms with Gasteiger partial charge >= 0.3 is 0 Å². The summed E-state index contributed by atoms with van der Waals surface area (Å²) < 4.78 is 80.2. The van der Waals surface area contributed by atoms with Crippen molar-refractivity contribution in [3.05, 3.63) is 97.1 Å². The number of hydrogen-bond acceptors (Lipinski definition) is 14. The molecular weight excluding hydrogens is 813 g/mol. The minimum Gasteiger partial charge on any atom is -0.505 e. The Hall–Kier alpha value is -6.02. The number of fused-ring (bicyclic) bond motifs is 2. The van der Waals surface area contributed by atoms with Crippen LogP contribution in [0.3, 0.4) is 0 Å². The highest BCUT2D eigenvalue weighted by Gasteiger charge is 2.23. The zero-order valence-corrected chi connectivity index (χ0v) is 34.9. The van der Waals surface area contributed by atoms with Gasteiger partial charge in [-0.3, -0.25) is 0 Å². The van der Waals surface area contributed by atoms with Crippen molar-refractivity contribution in [2.75, 3.05) is 53.7 Å². The highest BCUT2D eigenvalue weighted by molar-refractivity contribution is 7.90. The van der Waals surface area contributed by atoms with Crippen LogP contribution in [0.2, 0.25) is 0 Å². The molecule has 60 heavy (non-hydrogen) atoms. The van der Waals surface area contributed by atoms with E-state index < -0.39 is 20.0 Å². The summed E-state index contributed by atoms with van der Waals surface area (Å²) in [5.41, 5.74) is 1.86. The molecule has 0 saturated carbocycles. The molecule has 0 aliphatic carbocycles. The topological polar surface area (TPSA) is 219 Å². The number of nitrogens with zero attached hydrogens (tertiary/aromatic N) is 4. The monoisotopic (exact) mass is 856 g/mol. The molecule has 0 radical (unpaired) electrons. The Bertz CT molecular complexity index is 2610. The second-order valence-corrected chi connectivity index (χ2v) is 16.4. The summed E-state index contributed by atoms with van der Waals surface area (Å²) in [6, 6.07) is 25.9. The predicted molar refractivity (Wildman–Crippen MR) is 228 cm³/mol. The van der Waals surface area contributed by atoms with Crippen LogP contribution in [0.15, 0.2) is 127 Å². The van der Waals surface area contributed by atoms with Crippen molar-refractivity contribution in [1.29, 1.82) is 0 Å². The first-order valence-electron chi connectivity index (χ1n) is 18.8. The number of phenols is 2.